The van der Waals surface area contributed by atoms with Crippen LogP contribution in [0.4, 0.5) is 0 Å². The molecule has 0 aliphatic carbocycles. The molecule has 0 bridgehead atoms. The van der Waals surface area contributed by atoms with Gasteiger partial charge in [0.05, 0.1) is 0 Å². The molecule has 1 radical (unpaired) electrons. The van der Waals surface area contributed by atoms with Crippen LogP contribution in [-0.2, 0) is 4.79 Å². The topological polar surface area (TPSA) is 32.3 Å². The molecule has 1 rings (SSSR count). The Balaban J connectivity index is 2.32. The van der Waals surface area contributed by atoms with Crippen molar-refractivity contribution in [2.45, 2.75) is 6.42 Å². The van der Waals surface area contributed by atoms with E-state index in [1.807, 2.05) is 0 Å². The zero-order valence-corrected chi connectivity index (χ0v) is 4.68. The summed E-state index contributed by atoms with van der Waals surface area (Å²) in [5.41, 5.74) is 2.64. The lowest BCUT2D eigenvalue weighted by Gasteiger charge is -2.09. The van der Waals surface area contributed by atoms with E-state index in [-0.39, 0.29) is 5.91 Å². The Morgan fingerprint density at radius 2 is 2.62 bits per heavy atom. The fraction of sp³-hybridized carbons (Fsp3) is 0.600. The molecule has 1 amide bonds. The molecule has 8 heavy (non-hydrogen) atoms. The molecule has 1 heterocycles. The van der Waals surface area contributed by atoms with Crippen LogP contribution in [0.3, 0.4) is 0 Å². The number of nitrogens with one attached hydrogen (secondary N) is 1. The maximum Gasteiger partial charge on any atom is 0.235 e. The number of carbonyl (C=O) groups excluding carboxylic acids is 1. The normalized spacial score (nSPS) is 21.4. The molecule has 0 spiro atoms. The molecule has 0 unspecified atom stereocenters. The third-order valence-corrected chi connectivity index (χ3v) is 1.16. The van der Waals surface area contributed by atoms with E-state index in [1.54, 1.807) is 5.01 Å². The Hall–Kier alpha value is -0.570. The number of hydrogen-bond donors (Lipinski definition) is 1. The molecule has 0 saturated carbocycles. The summed E-state index contributed by atoms with van der Waals surface area (Å²) in [5, 5.41) is 1.79. The number of amides is 1. The molecule has 1 fully saturated rings. The number of rotatable bonds is 1. The van der Waals surface area contributed by atoms with E-state index in [0.717, 1.165) is 6.54 Å². The summed E-state index contributed by atoms with van der Waals surface area (Å²) in [6.07, 6.45) is 0.621. The van der Waals surface area contributed by atoms with Crippen molar-refractivity contribution >= 4 is 5.91 Å². The van der Waals surface area contributed by atoms with E-state index in [4.69, 9.17) is 0 Å². The van der Waals surface area contributed by atoms with Crippen molar-refractivity contribution in [1.82, 2.24) is 10.4 Å². The average molecular weight is 113 g/mol. The van der Waals surface area contributed by atoms with E-state index in [0.29, 0.717) is 13.0 Å². The van der Waals surface area contributed by atoms with Gasteiger partial charge in [-0.15, -0.1) is 0 Å². The highest BCUT2D eigenvalue weighted by atomic mass is 16.2. The van der Waals surface area contributed by atoms with Gasteiger partial charge in [-0.25, -0.2) is 5.01 Å². The lowest BCUT2D eigenvalue weighted by Crippen LogP contribution is -2.32. The molecular weight excluding hydrogens is 104 g/mol. The van der Waals surface area contributed by atoms with Gasteiger partial charge in [-0.2, -0.15) is 0 Å². The van der Waals surface area contributed by atoms with Gasteiger partial charge in [-0.05, 0) is 6.92 Å². The number of hydrazine groups is 1. The van der Waals surface area contributed by atoms with Crippen molar-refractivity contribution in [1.29, 1.82) is 0 Å². The zero-order chi connectivity index (χ0) is 5.98. The van der Waals surface area contributed by atoms with Crippen LogP contribution in [-0.4, -0.2) is 24.0 Å². The quantitative estimate of drug-likeness (QED) is 0.500. The molecule has 1 saturated heterocycles. The fourth-order valence-electron chi connectivity index (χ4n) is 0.692. The standard InChI is InChI=1S/C5H9N2O/c1-2-7-4-3-5(8)6-7/h1-4H2,(H,6,8). The van der Waals surface area contributed by atoms with Gasteiger partial charge < -0.3 is 0 Å². The van der Waals surface area contributed by atoms with Crippen LogP contribution in [0.25, 0.3) is 0 Å². The van der Waals surface area contributed by atoms with Crippen molar-refractivity contribution in [3.63, 3.8) is 0 Å². The van der Waals surface area contributed by atoms with Crippen LogP contribution >= 0.6 is 0 Å². The summed E-state index contributed by atoms with van der Waals surface area (Å²) in [6.45, 7) is 5.08. The summed E-state index contributed by atoms with van der Waals surface area (Å²) >= 11 is 0. The van der Waals surface area contributed by atoms with Gasteiger partial charge in [0.25, 0.3) is 0 Å². The second-order valence-corrected chi connectivity index (χ2v) is 1.77. The Bertz CT molecular complexity index is 103. The first kappa shape index (κ1) is 5.56. The van der Waals surface area contributed by atoms with Gasteiger partial charge in [0.2, 0.25) is 5.91 Å². The maximum absolute atomic E-state index is 10.4. The predicted octanol–water partition coefficient (Wildman–Crippen LogP) is -0.443. The highest BCUT2D eigenvalue weighted by Gasteiger charge is 2.14. The molecule has 45 valence electrons. The monoisotopic (exact) mass is 113 g/mol. The van der Waals surface area contributed by atoms with Crippen LogP contribution in [0, 0.1) is 6.92 Å². The lowest BCUT2D eigenvalue weighted by molar-refractivity contribution is -0.120. The van der Waals surface area contributed by atoms with Crippen LogP contribution in [0.5, 0.6) is 0 Å². The maximum atomic E-state index is 10.4. The second kappa shape index (κ2) is 2.13. The van der Waals surface area contributed by atoms with E-state index in [2.05, 4.69) is 12.3 Å². The molecule has 1 N–H and O–H groups in total. The van der Waals surface area contributed by atoms with Crippen molar-refractivity contribution in [3.05, 3.63) is 6.92 Å². The minimum atomic E-state index is 0.105. The van der Waals surface area contributed by atoms with Gasteiger partial charge in [0, 0.05) is 19.5 Å². The van der Waals surface area contributed by atoms with Crippen molar-refractivity contribution < 1.29 is 4.79 Å². The first-order valence-corrected chi connectivity index (χ1v) is 2.66. The number of carbonyl (C=O) groups is 1. The summed E-state index contributed by atoms with van der Waals surface area (Å²) in [4.78, 5) is 10.4. The molecule has 1 aliphatic rings. The highest BCUT2D eigenvalue weighted by Crippen LogP contribution is 1.94. The summed E-state index contributed by atoms with van der Waals surface area (Å²) < 4.78 is 0. The SMILES string of the molecule is [CH2]CN1CCC(=O)N1. The van der Waals surface area contributed by atoms with Crippen molar-refractivity contribution in [2.75, 3.05) is 13.1 Å². The van der Waals surface area contributed by atoms with Crippen LogP contribution in [0.1, 0.15) is 6.42 Å². The Kier molecular flexibility index (Phi) is 1.48. The number of hydrogen-bond acceptors (Lipinski definition) is 2. The van der Waals surface area contributed by atoms with E-state index < -0.39 is 0 Å². The van der Waals surface area contributed by atoms with Crippen LogP contribution in [0.2, 0.25) is 0 Å². The summed E-state index contributed by atoms with van der Waals surface area (Å²) in [6, 6.07) is 0. The van der Waals surface area contributed by atoms with E-state index in [9.17, 15) is 4.79 Å². The molecule has 0 aromatic rings. The molecular formula is C5H9N2O. The van der Waals surface area contributed by atoms with Gasteiger partial charge in [-0.3, -0.25) is 10.2 Å². The summed E-state index contributed by atoms with van der Waals surface area (Å²) in [7, 11) is 0. The first-order valence-electron chi connectivity index (χ1n) is 2.66. The van der Waals surface area contributed by atoms with Crippen molar-refractivity contribution in [3.8, 4) is 0 Å². The molecule has 1 aliphatic heterocycles. The highest BCUT2D eigenvalue weighted by molar-refractivity contribution is 5.77. The van der Waals surface area contributed by atoms with Crippen LogP contribution < -0.4 is 5.43 Å². The molecule has 3 nitrogen and oxygen atoms in total. The van der Waals surface area contributed by atoms with Crippen LogP contribution in [0.15, 0.2) is 0 Å². The third kappa shape index (κ3) is 0.980. The Labute approximate surface area is 48.6 Å². The average Bonchev–Trinajstić information content (AvgIpc) is 2.14. The second-order valence-electron chi connectivity index (χ2n) is 1.77. The molecule has 0 aromatic heterocycles. The molecule has 3 heteroatoms. The largest absolute Gasteiger partial charge is 0.289 e. The third-order valence-electron chi connectivity index (χ3n) is 1.16. The summed E-state index contributed by atoms with van der Waals surface area (Å²) in [5.74, 6) is 0.105. The number of nitrogens with zero attached hydrogens (tertiary/aromatic N) is 1. The first-order chi connectivity index (χ1) is 3.83. The van der Waals surface area contributed by atoms with Gasteiger partial charge in [0.15, 0.2) is 0 Å². The van der Waals surface area contributed by atoms with Gasteiger partial charge in [0.1, 0.15) is 0 Å². The van der Waals surface area contributed by atoms with Gasteiger partial charge >= 0.3 is 0 Å². The minimum absolute atomic E-state index is 0.105. The Morgan fingerprint density at radius 1 is 1.88 bits per heavy atom. The zero-order valence-electron chi connectivity index (χ0n) is 4.68. The van der Waals surface area contributed by atoms with E-state index >= 15 is 0 Å². The Morgan fingerprint density at radius 3 is 2.88 bits per heavy atom. The fourth-order valence-corrected chi connectivity index (χ4v) is 0.692. The predicted molar refractivity (Wildman–Crippen MR) is 29.7 cm³/mol. The van der Waals surface area contributed by atoms with Gasteiger partial charge in [-0.1, -0.05) is 0 Å². The molecule has 0 aromatic carbocycles. The smallest absolute Gasteiger partial charge is 0.235 e. The lowest BCUT2D eigenvalue weighted by atomic mass is 10.4. The van der Waals surface area contributed by atoms with E-state index in [1.165, 1.54) is 0 Å². The van der Waals surface area contributed by atoms with Crippen molar-refractivity contribution in [2.24, 2.45) is 0 Å². The minimum Gasteiger partial charge on any atom is -0.289 e. The molecule has 0 atom stereocenters.